The van der Waals surface area contributed by atoms with Crippen LogP contribution in [0.2, 0.25) is 0 Å². The van der Waals surface area contributed by atoms with Gasteiger partial charge >= 0.3 is 5.97 Å². The number of rotatable bonds is 3. The van der Waals surface area contributed by atoms with E-state index in [0.717, 1.165) is 17.5 Å². The second-order valence-corrected chi connectivity index (χ2v) is 9.60. The molecule has 2 nitrogen and oxygen atoms in total. The van der Waals surface area contributed by atoms with Gasteiger partial charge in [-0.2, -0.15) is 0 Å². The van der Waals surface area contributed by atoms with Gasteiger partial charge in [0.1, 0.15) is 0 Å². The first kappa shape index (κ1) is 21.2. The smallest absolute Gasteiger partial charge is 0.337 e. The van der Waals surface area contributed by atoms with Crippen molar-refractivity contribution >= 4 is 22.3 Å². The summed E-state index contributed by atoms with van der Waals surface area (Å²) < 4.78 is 4.82. The molecule has 0 aliphatic heterocycles. The molecular weight excluding hydrogens is 404 g/mol. The second-order valence-electron chi connectivity index (χ2n) is 9.60. The highest BCUT2D eigenvalue weighted by Crippen LogP contribution is 2.43. The Morgan fingerprint density at radius 3 is 2.15 bits per heavy atom. The Balaban J connectivity index is 1.61. The van der Waals surface area contributed by atoms with Crippen LogP contribution in [0.3, 0.4) is 0 Å². The highest BCUT2D eigenvalue weighted by Gasteiger charge is 2.29. The van der Waals surface area contributed by atoms with Crippen molar-refractivity contribution in [2.24, 2.45) is 0 Å². The van der Waals surface area contributed by atoms with E-state index in [1.807, 2.05) is 24.3 Å². The summed E-state index contributed by atoms with van der Waals surface area (Å²) in [6, 6.07) is 27.8. The lowest BCUT2D eigenvalue weighted by Crippen LogP contribution is -2.21. The first-order valence-electron chi connectivity index (χ1n) is 11.4. The first-order valence-corrected chi connectivity index (χ1v) is 11.4. The summed E-state index contributed by atoms with van der Waals surface area (Å²) in [5.41, 5.74) is 9.46. The van der Waals surface area contributed by atoms with Crippen LogP contribution in [0.25, 0.3) is 27.5 Å². The molecule has 0 saturated carbocycles. The van der Waals surface area contributed by atoms with E-state index in [2.05, 4.69) is 81.4 Å². The van der Waals surface area contributed by atoms with Crippen molar-refractivity contribution < 1.29 is 9.53 Å². The van der Waals surface area contributed by atoms with E-state index in [-0.39, 0.29) is 11.4 Å². The minimum absolute atomic E-state index is 0.0973. The fourth-order valence-corrected chi connectivity index (χ4v) is 4.76. The van der Waals surface area contributed by atoms with E-state index in [9.17, 15) is 4.79 Å². The Morgan fingerprint density at radius 2 is 1.45 bits per heavy atom. The van der Waals surface area contributed by atoms with Crippen LogP contribution in [0.15, 0.2) is 84.9 Å². The van der Waals surface area contributed by atoms with E-state index in [0.29, 0.717) is 5.56 Å². The molecule has 4 aromatic rings. The summed E-state index contributed by atoms with van der Waals surface area (Å²) in [5, 5.41) is 2.47. The van der Waals surface area contributed by atoms with Gasteiger partial charge in [0, 0.05) is 0 Å². The standard InChI is InChI=1S/C31H28O2/c1-20-5-7-22(8-6-20)27-15-16-31(2,3)29-19-25-14-13-24(17-26(25)18-28(27)29)21-9-11-23(12-10-21)30(32)33-4/h5-15,17-19H,16H2,1-4H3. The third kappa shape index (κ3) is 3.87. The second kappa shape index (κ2) is 8.04. The summed E-state index contributed by atoms with van der Waals surface area (Å²) in [6.45, 7) is 6.79. The SMILES string of the molecule is COC(=O)c1ccc(-c2ccc3cc4c(cc3c2)C(c2ccc(C)cc2)=CCC4(C)C)cc1. The van der Waals surface area contributed by atoms with Gasteiger partial charge in [-0.1, -0.05) is 74.0 Å². The molecular formula is C31H28O2. The molecule has 0 amide bonds. The number of fused-ring (bicyclic) bond motifs is 2. The lowest BCUT2D eigenvalue weighted by molar-refractivity contribution is 0.0601. The molecule has 0 radical (unpaired) electrons. The van der Waals surface area contributed by atoms with E-state index < -0.39 is 0 Å². The molecule has 33 heavy (non-hydrogen) atoms. The molecule has 0 saturated heterocycles. The van der Waals surface area contributed by atoms with E-state index in [4.69, 9.17) is 4.74 Å². The summed E-state index contributed by atoms with van der Waals surface area (Å²) in [5.74, 6) is -0.315. The van der Waals surface area contributed by atoms with Gasteiger partial charge in [0.25, 0.3) is 0 Å². The molecule has 0 unspecified atom stereocenters. The third-order valence-electron chi connectivity index (χ3n) is 6.81. The largest absolute Gasteiger partial charge is 0.465 e. The van der Waals surface area contributed by atoms with Crippen LogP contribution >= 0.6 is 0 Å². The summed E-state index contributed by atoms with van der Waals surface area (Å²) in [6.07, 6.45) is 3.42. The third-order valence-corrected chi connectivity index (χ3v) is 6.81. The number of carbonyl (C=O) groups excluding carboxylic acids is 1. The zero-order valence-corrected chi connectivity index (χ0v) is 19.6. The number of hydrogen-bond acceptors (Lipinski definition) is 2. The van der Waals surface area contributed by atoms with Crippen LogP contribution in [0.4, 0.5) is 0 Å². The summed E-state index contributed by atoms with van der Waals surface area (Å²) in [7, 11) is 1.40. The quantitative estimate of drug-likeness (QED) is 0.310. The molecule has 1 aliphatic rings. The van der Waals surface area contributed by atoms with Crippen LogP contribution < -0.4 is 0 Å². The van der Waals surface area contributed by atoms with Gasteiger partial charge in [-0.15, -0.1) is 0 Å². The molecule has 0 heterocycles. The molecule has 4 aromatic carbocycles. The van der Waals surface area contributed by atoms with Gasteiger partial charge in [0.05, 0.1) is 12.7 Å². The topological polar surface area (TPSA) is 26.3 Å². The molecule has 5 rings (SSSR count). The van der Waals surface area contributed by atoms with E-state index >= 15 is 0 Å². The van der Waals surface area contributed by atoms with Gasteiger partial charge in [-0.25, -0.2) is 4.79 Å². The Morgan fingerprint density at radius 1 is 0.788 bits per heavy atom. The number of carbonyl (C=O) groups is 1. The molecule has 0 fully saturated rings. The Labute approximate surface area is 195 Å². The van der Waals surface area contributed by atoms with Crippen LogP contribution in [-0.4, -0.2) is 13.1 Å². The predicted octanol–water partition coefficient (Wildman–Crippen LogP) is 7.71. The van der Waals surface area contributed by atoms with E-state index in [1.54, 1.807) is 0 Å². The number of methoxy groups -OCH3 is 1. The maximum Gasteiger partial charge on any atom is 0.337 e. The van der Waals surface area contributed by atoms with Crippen LogP contribution in [0.1, 0.15) is 52.9 Å². The summed E-state index contributed by atoms with van der Waals surface area (Å²) >= 11 is 0. The van der Waals surface area contributed by atoms with Gasteiger partial charge in [0.15, 0.2) is 0 Å². The minimum Gasteiger partial charge on any atom is -0.465 e. The lowest BCUT2D eigenvalue weighted by Gasteiger charge is -2.33. The first-order chi connectivity index (χ1) is 15.9. The molecule has 0 aromatic heterocycles. The van der Waals surface area contributed by atoms with Crippen molar-refractivity contribution in [1.29, 1.82) is 0 Å². The molecule has 0 bridgehead atoms. The van der Waals surface area contributed by atoms with Gasteiger partial charge < -0.3 is 4.74 Å². The average Bonchev–Trinajstić information content (AvgIpc) is 2.83. The maximum absolute atomic E-state index is 11.8. The van der Waals surface area contributed by atoms with Crippen LogP contribution in [0, 0.1) is 6.92 Å². The van der Waals surface area contributed by atoms with E-state index in [1.165, 1.54) is 45.7 Å². The number of aryl methyl sites for hydroxylation is 1. The van der Waals surface area contributed by atoms with Crippen molar-refractivity contribution in [3.8, 4) is 11.1 Å². The Bertz CT molecular complexity index is 1390. The molecule has 1 aliphatic carbocycles. The summed E-state index contributed by atoms with van der Waals surface area (Å²) in [4.78, 5) is 11.8. The van der Waals surface area contributed by atoms with Gasteiger partial charge in [-0.05, 0) is 93.3 Å². The highest BCUT2D eigenvalue weighted by atomic mass is 16.5. The van der Waals surface area contributed by atoms with Crippen molar-refractivity contribution in [3.63, 3.8) is 0 Å². The van der Waals surface area contributed by atoms with Gasteiger partial charge in [0.2, 0.25) is 0 Å². The zero-order valence-electron chi connectivity index (χ0n) is 19.6. The predicted molar refractivity (Wildman–Crippen MR) is 137 cm³/mol. The fourth-order valence-electron chi connectivity index (χ4n) is 4.76. The molecule has 2 heteroatoms. The molecule has 164 valence electrons. The number of esters is 1. The van der Waals surface area contributed by atoms with Crippen molar-refractivity contribution in [3.05, 3.63) is 113 Å². The number of hydrogen-bond donors (Lipinski definition) is 0. The van der Waals surface area contributed by atoms with Crippen LogP contribution in [-0.2, 0) is 10.2 Å². The van der Waals surface area contributed by atoms with Crippen molar-refractivity contribution in [2.75, 3.05) is 7.11 Å². The normalized spacial score (nSPS) is 14.5. The van der Waals surface area contributed by atoms with Crippen molar-refractivity contribution in [1.82, 2.24) is 0 Å². The minimum atomic E-state index is -0.315. The maximum atomic E-state index is 11.8. The molecule has 0 N–H and O–H groups in total. The monoisotopic (exact) mass is 432 g/mol. The number of ether oxygens (including phenoxy) is 1. The molecule has 0 spiro atoms. The average molecular weight is 433 g/mol. The van der Waals surface area contributed by atoms with Crippen LogP contribution in [0.5, 0.6) is 0 Å². The Hall–Kier alpha value is -3.65. The number of allylic oxidation sites excluding steroid dienone is 1. The lowest BCUT2D eigenvalue weighted by atomic mass is 9.71. The molecule has 0 atom stereocenters. The highest BCUT2D eigenvalue weighted by molar-refractivity contribution is 5.95. The zero-order chi connectivity index (χ0) is 23.2. The van der Waals surface area contributed by atoms with Gasteiger partial charge in [-0.3, -0.25) is 0 Å². The number of benzene rings is 4. The van der Waals surface area contributed by atoms with Crippen molar-refractivity contribution in [2.45, 2.75) is 32.6 Å². The fraction of sp³-hybridized carbons (Fsp3) is 0.194. The Kier molecular flexibility index (Phi) is 5.17.